The van der Waals surface area contributed by atoms with E-state index in [-0.39, 0.29) is 16.7 Å². The Morgan fingerprint density at radius 1 is 1.42 bits per heavy atom. The van der Waals surface area contributed by atoms with Crippen LogP contribution in [0.3, 0.4) is 0 Å². The average Bonchev–Trinajstić information content (AvgIpc) is 3.15. The molecule has 1 unspecified atom stereocenters. The highest BCUT2D eigenvalue weighted by molar-refractivity contribution is 8.01. The minimum Gasteiger partial charge on any atom is -0.355 e. The van der Waals surface area contributed by atoms with Crippen LogP contribution in [0.5, 0.6) is 0 Å². The van der Waals surface area contributed by atoms with Crippen LogP contribution in [0.25, 0.3) is 0 Å². The van der Waals surface area contributed by atoms with Crippen LogP contribution in [0, 0.1) is 0 Å². The van der Waals surface area contributed by atoms with Gasteiger partial charge in [-0.05, 0) is 38.3 Å². The first-order chi connectivity index (χ1) is 9.10. The lowest BCUT2D eigenvalue weighted by Gasteiger charge is -2.16. The molecule has 3 nitrogen and oxygen atoms in total. The van der Waals surface area contributed by atoms with Crippen molar-refractivity contribution in [3.05, 3.63) is 30.3 Å². The number of rotatable bonds is 7. The molecule has 0 aromatic heterocycles. The van der Waals surface area contributed by atoms with Gasteiger partial charge in [0.05, 0.1) is 0 Å². The van der Waals surface area contributed by atoms with E-state index in [1.807, 2.05) is 24.8 Å². The number of nitrogens with one attached hydrogen (secondary N) is 1. The van der Waals surface area contributed by atoms with E-state index in [9.17, 15) is 4.79 Å². The zero-order chi connectivity index (χ0) is 13.7. The van der Waals surface area contributed by atoms with Gasteiger partial charge >= 0.3 is 0 Å². The Hall–Kier alpha value is -1.00. The zero-order valence-corrected chi connectivity index (χ0v) is 12.2. The topological polar surface area (TPSA) is 55.1 Å². The highest BCUT2D eigenvalue weighted by Gasteiger charge is 2.43. The maximum atomic E-state index is 11.7. The number of amides is 1. The zero-order valence-electron chi connectivity index (χ0n) is 11.4. The predicted molar refractivity (Wildman–Crippen MR) is 80.2 cm³/mol. The molecule has 1 aromatic carbocycles. The standard InChI is InChI=1S/C15H22N2OS/c1-12(16)7-8-14(18)17-11-15(9-10-15)19-13-5-3-2-4-6-13/h2-6,12H,7-11,16H2,1H3,(H,17,18). The third kappa shape index (κ3) is 4.88. The summed E-state index contributed by atoms with van der Waals surface area (Å²) >= 11 is 1.88. The lowest BCUT2D eigenvalue weighted by atomic mass is 10.2. The lowest BCUT2D eigenvalue weighted by molar-refractivity contribution is -0.121. The van der Waals surface area contributed by atoms with E-state index in [4.69, 9.17) is 5.73 Å². The van der Waals surface area contributed by atoms with Gasteiger partial charge in [0.25, 0.3) is 0 Å². The van der Waals surface area contributed by atoms with E-state index >= 15 is 0 Å². The summed E-state index contributed by atoms with van der Waals surface area (Å²) in [6.45, 7) is 2.70. The van der Waals surface area contributed by atoms with Gasteiger partial charge in [0.2, 0.25) is 5.91 Å². The molecule has 1 amide bonds. The van der Waals surface area contributed by atoms with Crippen molar-refractivity contribution in [1.82, 2.24) is 5.32 Å². The molecule has 0 radical (unpaired) electrons. The predicted octanol–water partition coefficient (Wildman–Crippen LogP) is 2.55. The van der Waals surface area contributed by atoms with Crippen molar-refractivity contribution in [3.63, 3.8) is 0 Å². The molecule has 1 saturated carbocycles. The third-order valence-corrected chi connectivity index (χ3v) is 4.81. The van der Waals surface area contributed by atoms with Crippen LogP contribution in [-0.4, -0.2) is 23.2 Å². The first-order valence-electron chi connectivity index (χ1n) is 6.86. The van der Waals surface area contributed by atoms with Crippen LogP contribution < -0.4 is 11.1 Å². The quantitative estimate of drug-likeness (QED) is 0.806. The van der Waals surface area contributed by atoms with E-state index in [1.54, 1.807) is 0 Å². The first kappa shape index (κ1) is 14.4. The average molecular weight is 278 g/mol. The van der Waals surface area contributed by atoms with Crippen LogP contribution in [-0.2, 0) is 4.79 Å². The summed E-state index contributed by atoms with van der Waals surface area (Å²) < 4.78 is 0.228. The van der Waals surface area contributed by atoms with E-state index in [1.165, 1.54) is 17.7 Å². The largest absolute Gasteiger partial charge is 0.355 e. The third-order valence-electron chi connectivity index (χ3n) is 3.32. The van der Waals surface area contributed by atoms with Gasteiger partial charge in [-0.1, -0.05) is 18.2 Å². The van der Waals surface area contributed by atoms with Gasteiger partial charge < -0.3 is 11.1 Å². The summed E-state index contributed by atoms with van der Waals surface area (Å²) in [7, 11) is 0. The van der Waals surface area contributed by atoms with Crippen molar-refractivity contribution in [1.29, 1.82) is 0 Å². The molecule has 0 spiro atoms. The minimum absolute atomic E-state index is 0.0966. The summed E-state index contributed by atoms with van der Waals surface area (Å²) in [5.41, 5.74) is 5.65. The normalized spacial score (nSPS) is 17.8. The molecule has 0 bridgehead atoms. The maximum Gasteiger partial charge on any atom is 0.220 e. The molecule has 1 atom stereocenters. The van der Waals surface area contributed by atoms with Gasteiger partial charge in [-0.3, -0.25) is 4.79 Å². The van der Waals surface area contributed by atoms with Gasteiger partial charge in [-0.2, -0.15) is 0 Å². The van der Waals surface area contributed by atoms with Crippen molar-refractivity contribution < 1.29 is 4.79 Å². The molecule has 1 aliphatic carbocycles. The number of hydrogen-bond donors (Lipinski definition) is 2. The second kappa shape index (κ2) is 6.44. The fourth-order valence-corrected chi connectivity index (χ4v) is 3.14. The molecule has 1 aliphatic rings. The molecule has 2 rings (SSSR count). The van der Waals surface area contributed by atoms with Crippen molar-refractivity contribution in [2.45, 2.75) is 48.3 Å². The number of carbonyl (C=O) groups excluding carboxylic acids is 1. The van der Waals surface area contributed by atoms with Crippen molar-refractivity contribution in [3.8, 4) is 0 Å². The second-order valence-electron chi connectivity index (χ2n) is 5.39. The molecule has 0 saturated heterocycles. The Morgan fingerprint density at radius 2 is 2.11 bits per heavy atom. The number of carbonyl (C=O) groups is 1. The van der Waals surface area contributed by atoms with Crippen LogP contribution in [0.4, 0.5) is 0 Å². The van der Waals surface area contributed by atoms with E-state index in [0.717, 1.165) is 13.0 Å². The molecule has 1 aromatic rings. The van der Waals surface area contributed by atoms with Gasteiger partial charge in [-0.15, -0.1) is 11.8 Å². The Balaban J connectivity index is 1.75. The van der Waals surface area contributed by atoms with E-state index in [0.29, 0.717) is 6.42 Å². The van der Waals surface area contributed by atoms with Crippen LogP contribution in [0.2, 0.25) is 0 Å². The Kier molecular flexibility index (Phi) is 4.88. The monoisotopic (exact) mass is 278 g/mol. The molecule has 4 heteroatoms. The highest BCUT2D eigenvalue weighted by Crippen LogP contribution is 2.51. The SMILES string of the molecule is CC(N)CCC(=O)NCC1(Sc2ccccc2)CC1. The van der Waals surface area contributed by atoms with Crippen LogP contribution >= 0.6 is 11.8 Å². The Bertz CT molecular complexity index is 415. The Morgan fingerprint density at radius 3 is 2.68 bits per heavy atom. The Labute approximate surface area is 119 Å². The van der Waals surface area contributed by atoms with E-state index in [2.05, 4.69) is 29.6 Å². The van der Waals surface area contributed by atoms with Gasteiger partial charge in [-0.25, -0.2) is 0 Å². The molecule has 0 aliphatic heterocycles. The summed E-state index contributed by atoms with van der Waals surface area (Å²) in [4.78, 5) is 13.0. The number of hydrogen-bond acceptors (Lipinski definition) is 3. The fourth-order valence-electron chi connectivity index (χ4n) is 1.90. The molecular weight excluding hydrogens is 256 g/mol. The van der Waals surface area contributed by atoms with Gasteiger partial charge in [0, 0.05) is 28.6 Å². The maximum absolute atomic E-state index is 11.7. The minimum atomic E-state index is 0.0966. The number of thioether (sulfide) groups is 1. The summed E-state index contributed by atoms with van der Waals surface area (Å²) in [6.07, 6.45) is 3.65. The van der Waals surface area contributed by atoms with Gasteiger partial charge in [0.15, 0.2) is 0 Å². The smallest absolute Gasteiger partial charge is 0.220 e. The first-order valence-corrected chi connectivity index (χ1v) is 7.68. The molecule has 1 fully saturated rings. The number of benzene rings is 1. The fraction of sp³-hybridized carbons (Fsp3) is 0.533. The lowest BCUT2D eigenvalue weighted by Crippen LogP contribution is -2.32. The van der Waals surface area contributed by atoms with Gasteiger partial charge in [0.1, 0.15) is 0 Å². The highest BCUT2D eigenvalue weighted by atomic mass is 32.2. The molecule has 3 N–H and O–H groups in total. The summed E-state index contributed by atoms with van der Waals surface area (Å²) in [6, 6.07) is 10.5. The van der Waals surface area contributed by atoms with E-state index < -0.39 is 0 Å². The summed E-state index contributed by atoms with van der Waals surface area (Å²) in [5.74, 6) is 0.122. The summed E-state index contributed by atoms with van der Waals surface area (Å²) in [5, 5.41) is 3.05. The molecular formula is C15H22N2OS. The van der Waals surface area contributed by atoms with Crippen molar-refractivity contribution >= 4 is 17.7 Å². The van der Waals surface area contributed by atoms with Crippen LogP contribution in [0.15, 0.2) is 35.2 Å². The number of nitrogens with two attached hydrogens (primary N) is 1. The molecule has 0 heterocycles. The molecule has 19 heavy (non-hydrogen) atoms. The molecule has 104 valence electrons. The van der Waals surface area contributed by atoms with Crippen LogP contribution in [0.1, 0.15) is 32.6 Å². The van der Waals surface area contributed by atoms with Crippen molar-refractivity contribution in [2.75, 3.05) is 6.54 Å². The van der Waals surface area contributed by atoms with Crippen molar-refractivity contribution in [2.24, 2.45) is 5.73 Å². The second-order valence-corrected chi connectivity index (χ2v) is 6.93.